The van der Waals surface area contributed by atoms with Crippen molar-refractivity contribution < 1.29 is 14.5 Å². The molecule has 4 rings (SSSR count). The Balaban J connectivity index is 1.64. The van der Waals surface area contributed by atoms with Crippen molar-refractivity contribution in [2.75, 3.05) is 16.8 Å². The number of carbonyl (C=O) groups is 2. The maximum atomic E-state index is 13.3. The van der Waals surface area contributed by atoms with Crippen molar-refractivity contribution in [2.24, 2.45) is 0 Å². The molecule has 7 nitrogen and oxygen atoms in total. The molecule has 0 spiro atoms. The number of nitrogens with one attached hydrogen (secondary N) is 1. The molecule has 3 aromatic carbocycles. The second kappa shape index (κ2) is 7.79. The molecule has 7 heteroatoms. The molecule has 0 fully saturated rings. The molecule has 0 saturated carbocycles. The van der Waals surface area contributed by atoms with Crippen molar-refractivity contribution in [1.29, 1.82) is 0 Å². The van der Waals surface area contributed by atoms with E-state index in [4.69, 9.17) is 0 Å². The van der Waals surface area contributed by atoms with E-state index in [-0.39, 0.29) is 17.5 Å². The Hall–Kier alpha value is -4.00. The predicted molar refractivity (Wildman–Crippen MR) is 114 cm³/mol. The highest BCUT2D eigenvalue weighted by Gasteiger charge is 2.29. The van der Waals surface area contributed by atoms with E-state index in [2.05, 4.69) is 5.32 Å². The van der Waals surface area contributed by atoms with Gasteiger partial charge in [0.1, 0.15) is 0 Å². The Kier molecular flexibility index (Phi) is 5.02. The number of anilines is 2. The van der Waals surface area contributed by atoms with Gasteiger partial charge in [-0.2, -0.15) is 0 Å². The fourth-order valence-corrected chi connectivity index (χ4v) is 3.60. The number of non-ortho nitro benzene ring substituents is 1. The number of fused-ring (bicyclic) bond motifs is 1. The van der Waals surface area contributed by atoms with Crippen molar-refractivity contribution in [1.82, 2.24) is 0 Å². The highest BCUT2D eigenvalue weighted by atomic mass is 16.6. The lowest BCUT2D eigenvalue weighted by molar-refractivity contribution is -0.384. The lowest BCUT2D eigenvalue weighted by atomic mass is 10.1. The van der Waals surface area contributed by atoms with Gasteiger partial charge < -0.3 is 10.2 Å². The molecule has 30 heavy (non-hydrogen) atoms. The lowest BCUT2D eigenvalue weighted by Crippen LogP contribution is -2.30. The number of nitro benzene ring substituents is 1. The average Bonchev–Trinajstić information content (AvgIpc) is 3.17. The molecule has 0 bridgehead atoms. The molecule has 1 aliphatic rings. The van der Waals surface area contributed by atoms with Gasteiger partial charge in [0.05, 0.1) is 21.9 Å². The molecule has 0 radical (unpaired) electrons. The SMILES string of the molecule is Cc1cccc(C(=O)Nc2ccccc2C(=O)N2CCc3ccc([N+](=O)[O-])cc32)c1. The summed E-state index contributed by atoms with van der Waals surface area (Å²) in [5, 5.41) is 14.0. The molecule has 2 amide bonds. The molecule has 3 aromatic rings. The maximum absolute atomic E-state index is 13.3. The average molecular weight is 401 g/mol. The van der Waals surface area contributed by atoms with Crippen molar-refractivity contribution in [2.45, 2.75) is 13.3 Å². The molecular weight excluding hydrogens is 382 g/mol. The van der Waals surface area contributed by atoms with Crippen molar-refractivity contribution in [3.8, 4) is 0 Å². The molecular formula is C23H19N3O4. The van der Waals surface area contributed by atoms with Gasteiger partial charge >= 0.3 is 0 Å². The number of para-hydroxylation sites is 1. The summed E-state index contributed by atoms with van der Waals surface area (Å²) in [4.78, 5) is 38.1. The highest BCUT2D eigenvalue weighted by molar-refractivity contribution is 6.14. The van der Waals surface area contributed by atoms with Gasteiger partial charge in [0.2, 0.25) is 0 Å². The van der Waals surface area contributed by atoms with E-state index in [1.165, 1.54) is 17.0 Å². The lowest BCUT2D eigenvalue weighted by Gasteiger charge is -2.19. The molecule has 0 aliphatic carbocycles. The number of amides is 2. The Bertz CT molecular complexity index is 1170. The first-order valence-electron chi connectivity index (χ1n) is 9.50. The van der Waals surface area contributed by atoms with Gasteiger partial charge in [-0.05, 0) is 43.2 Å². The Morgan fingerprint density at radius 2 is 1.83 bits per heavy atom. The van der Waals surface area contributed by atoms with Crippen LogP contribution < -0.4 is 10.2 Å². The van der Waals surface area contributed by atoms with Crippen LogP contribution in [0.15, 0.2) is 66.7 Å². The van der Waals surface area contributed by atoms with E-state index in [1.54, 1.807) is 48.5 Å². The smallest absolute Gasteiger partial charge is 0.271 e. The van der Waals surface area contributed by atoms with Crippen LogP contribution in [0.5, 0.6) is 0 Å². The summed E-state index contributed by atoms with van der Waals surface area (Å²) in [6.45, 7) is 2.33. The number of hydrogen-bond donors (Lipinski definition) is 1. The third-order valence-electron chi connectivity index (χ3n) is 5.11. The fourth-order valence-electron chi connectivity index (χ4n) is 3.60. The van der Waals surface area contributed by atoms with Crippen LogP contribution in [0, 0.1) is 17.0 Å². The fraction of sp³-hybridized carbons (Fsp3) is 0.130. The summed E-state index contributed by atoms with van der Waals surface area (Å²) >= 11 is 0. The van der Waals surface area contributed by atoms with Crippen molar-refractivity contribution >= 4 is 28.9 Å². The molecule has 0 aromatic heterocycles. The zero-order valence-electron chi connectivity index (χ0n) is 16.3. The third-order valence-corrected chi connectivity index (χ3v) is 5.11. The van der Waals surface area contributed by atoms with E-state index in [1.807, 2.05) is 13.0 Å². The van der Waals surface area contributed by atoms with E-state index in [0.717, 1.165) is 11.1 Å². The van der Waals surface area contributed by atoms with Gasteiger partial charge in [-0.3, -0.25) is 19.7 Å². The monoisotopic (exact) mass is 401 g/mol. The van der Waals surface area contributed by atoms with Crippen LogP contribution in [0.25, 0.3) is 0 Å². The van der Waals surface area contributed by atoms with E-state index < -0.39 is 4.92 Å². The molecule has 1 aliphatic heterocycles. The van der Waals surface area contributed by atoms with Crippen molar-refractivity contribution in [3.05, 3.63) is 99.1 Å². The minimum atomic E-state index is -0.475. The molecule has 0 atom stereocenters. The zero-order chi connectivity index (χ0) is 21.3. The molecule has 150 valence electrons. The standard InChI is InChI=1S/C23H19N3O4/c1-15-5-4-6-17(13-15)22(27)24-20-8-3-2-7-19(20)23(28)25-12-11-16-9-10-18(26(29)30)14-21(16)25/h2-10,13-14H,11-12H2,1H3,(H,24,27). The number of hydrogen-bond acceptors (Lipinski definition) is 4. The van der Waals surface area contributed by atoms with Crippen LogP contribution in [0.4, 0.5) is 17.1 Å². The van der Waals surface area contributed by atoms with E-state index >= 15 is 0 Å². The molecule has 1 N–H and O–H groups in total. The van der Waals surface area contributed by atoms with Gasteiger partial charge in [-0.15, -0.1) is 0 Å². The topological polar surface area (TPSA) is 92.6 Å². The summed E-state index contributed by atoms with van der Waals surface area (Å²) in [5.41, 5.74) is 3.55. The number of nitro groups is 1. The van der Waals surface area contributed by atoms with Crippen LogP contribution in [0.1, 0.15) is 31.8 Å². The van der Waals surface area contributed by atoms with Gasteiger partial charge in [0.25, 0.3) is 17.5 Å². The predicted octanol–water partition coefficient (Wildman–Crippen LogP) is 4.36. The highest BCUT2D eigenvalue weighted by Crippen LogP contribution is 2.33. The normalized spacial score (nSPS) is 12.4. The second-order valence-corrected chi connectivity index (χ2v) is 7.15. The van der Waals surface area contributed by atoms with Gasteiger partial charge in [0.15, 0.2) is 0 Å². The minimum absolute atomic E-state index is 0.0607. The molecule has 1 heterocycles. The van der Waals surface area contributed by atoms with Crippen LogP contribution in [0.3, 0.4) is 0 Å². The molecule has 0 unspecified atom stereocenters. The summed E-state index contributed by atoms with van der Waals surface area (Å²) in [7, 11) is 0. The number of rotatable bonds is 4. The zero-order valence-corrected chi connectivity index (χ0v) is 16.3. The third kappa shape index (κ3) is 3.65. The number of aryl methyl sites for hydroxylation is 1. The van der Waals surface area contributed by atoms with E-state index in [0.29, 0.717) is 35.5 Å². The van der Waals surface area contributed by atoms with Crippen molar-refractivity contribution in [3.63, 3.8) is 0 Å². The van der Waals surface area contributed by atoms with Crippen LogP contribution in [0.2, 0.25) is 0 Å². The second-order valence-electron chi connectivity index (χ2n) is 7.15. The summed E-state index contributed by atoms with van der Waals surface area (Å²) in [6, 6.07) is 18.5. The quantitative estimate of drug-likeness (QED) is 0.519. The van der Waals surface area contributed by atoms with Crippen LogP contribution in [-0.4, -0.2) is 23.3 Å². The first-order valence-corrected chi connectivity index (χ1v) is 9.50. The van der Waals surface area contributed by atoms with Gasteiger partial charge in [-0.1, -0.05) is 35.9 Å². The van der Waals surface area contributed by atoms with E-state index in [9.17, 15) is 19.7 Å². The largest absolute Gasteiger partial charge is 0.321 e. The molecule has 0 saturated heterocycles. The van der Waals surface area contributed by atoms with Crippen LogP contribution in [-0.2, 0) is 6.42 Å². The first kappa shape index (κ1) is 19.3. The number of carbonyl (C=O) groups excluding carboxylic acids is 2. The summed E-state index contributed by atoms with van der Waals surface area (Å²) < 4.78 is 0. The van der Waals surface area contributed by atoms with Crippen LogP contribution >= 0.6 is 0 Å². The minimum Gasteiger partial charge on any atom is -0.321 e. The summed E-state index contributed by atoms with van der Waals surface area (Å²) in [5.74, 6) is -0.620. The Morgan fingerprint density at radius 3 is 2.60 bits per heavy atom. The first-order chi connectivity index (χ1) is 14.4. The summed E-state index contributed by atoms with van der Waals surface area (Å²) in [6.07, 6.45) is 0.622. The number of nitrogens with zero attached hydrogens (tertiary/aromatic N) is 2. The maximum Gasteiger partial charge on any atom is 0.271 e. The van der Waals surface area contributed by atoms with Gasteiger partial charge in [0, 0.05) is 24.2 Å². The number of benzene rings is 3. The Morgan fingerprint density at radius 1 is 1.03 bits per heavy atom. The van der Waals surface area contributed by atoms with Gasteiger partial charge in [-0.25, -0.2) is 0 Å². The Labute approximate surface area is 173 Å².